The number of rotatable bonds is 4. The van der Waals surface area contributed by atoms with E-state index in [2.05, 4.69) is 31.1 Å². The number of hydrogen-bond donors (Lipinski definition) is 1. The predicted molar refractivity (Wildman–Crippen MR) is 121 cm³/mol. The molecule has 2 heterocycles. The van der Waals surface area contributed by atoms with Gasteiger partial charge in [-0.25, -0.2) is 9.38 Å². The molecule has 3 rings (SSSR count). The highest BCUT2D eigenvalue weighted by molar-refractivity contribution is 14.0. The molecule has 0 aromatic heterocycles. The smallest absolute Gasteiger partial charge is 0.251 e. The van der Waals surface area contributed by atoms with Crippen molar-refractivity contribution in [3.63, 3.8) is 0 Å². The van der Waals surface area contributed by atoms with Crippen LogP contribution >= 0.6 is 39.9 Å². The molecule has 1 unspecified atom stereocenters. The molecule has 28 heavy (non-hydrogen) atoms. The molecule has 0 saturated carbocycles. The Morgan fingerprint density at radius 3 is 2.68 bits per heavy atom. The first kappa shape index (κ1) is 23.3. The lowest BCUT2D eigenvalue weighted by Gasteiger charge is -2.37. The van der Waals surface area contributed by atoms with Gasteiger partial charge in [0.05, 0.1) is 6.54 Å². The number of ether oxygens (including phenoxy) is 1. The normalized spacial score (nSPS) is 20.1. The van der Waals surface area contributed by atoms with Gasteiger partial charge in [0, 0.05) is 43.8 Å². The van der Waals surface area contributed by atoms with Crippen molar-refractivity contribution in [3.05, 3.63) is 34.1 Å². The van der Waals surface area contributed by atoms with E-state index in [9.17, 15) is 9.18 Å². The zero-order valence-electron chi connectivity index (χ0n) is 16.0. The summed E-state index contributed by atoms with van der Waals surface area (Å²) in [7, 11) is 0. The van der Waals surface area contributed by atoms with Crippen LogP contribution in [0.4, 0.5) is 4.39 Å². The molecule has 1 atom stereocenters. The van der Waals surface area contributed by atoms with Gasteiger partial charge in [-0.3, -0.25) is 4.79 Å². The zero-order chi connectivity index (χ0) is 19.2. The number of carbonyl (C=O) groups is 1. The van der Waals surface area contributed by atoms with E-state index in [0.717, 1.165) is 35.4 Å². The largest absolute Gasteiger partial charge is 0.368 e. The average molecular weight is 569 g/mol. The standard InChI is InChI=1S/C19H26BrFN4O2.HI/c1-2-22-19(23-13-14-12-15(21)5-6-16(14)20)25-9-7-24(8-10-25)18(26)17-4-3-11-27-17;/h5-6,12,17H,2-4,7-11,13H2,1H3,(H,22,23);1H. The summed E-state index contributed by atoms with van der Waals surface area (Å²) in [6, 6.07) is 4.62. The molecule has 2 aliphatic heterocycles. The molecular formula is C19H27BrFIN4O2. The molecule has 9 heteroatoms. The summed E-state index contributed by atoms with van der Waals surface area (Å²) in [4.78, 5) is 21.2. The summed E-state index contributed by atoms with van der Waals surface area (Å²) in [5.41, 5.74) is 0.803. The van der Waals surface area contributed by atoms with Crippen LogP contribution in [0.15, 0.2) is 27.7 Å². The van der Waals surface area contributed by atoms with E-state index in [1.807, 2.05) is 11.8 Å². The van der Waals surface area contributed by atoms with Crippen LogP contribution in [-0.4, -0.2) is 67.1 Å². The van der Waals surface area contributed by atoms with E-state index in [0.29, 0.717) is 39.3 Å². The lowest BCUT2D eigenvalue weighted by atomic mass is 10.2. The SMILES string of the molecule is CCNC(=NCc1cc(F)ccc1Br)N1CCN(C(=O)C2CCCO2)CC1.I. The number of guanidine groups is 1. The molecule has 0 spiro atoms. The quantitative estimate of drug-likeness (QED) is 0.345. The van der Waals surface area contributed by atoms with Crippen LogP contribution in [0, 0.1) is 5.82 Å². The Morgan fingerprint density at radius 2 is 2.04 bits per heavy atom. The molecule has 0 radical (unpaired) electrons. The molecule has 1 aromatic carbocycles. The van der Waals surface area contributed by atoms with Gasteiger partial charge in [0.15, 0.2) is 5.96 Å². The van der Waals surface area contributed by atoms with Crippen molar-refractivity contribution in [3.8, 4) is 0 Å². The summed E-state index contributed by atoms with van der Waals surface area (Å²) in [5.74, 6) is 0.630. The highest BCUT2D eigenvalue weighted by Gasteiger charge is 2.30. The molecule has 1 aromatic rings. The molecule has 0 bridgehead atoms. The van der Waals surface area contributed by atoms with Crippen molar-refractivity contribution in [1.82, 2.24) is 15.1 Å². The monoisotopic (exact) mass is 568 g/mol. The number of benzene rings is 1. The highest BCUT2D eigenvalue weighted by atomic mass is 127. The third-order valence-corrected chi connectivity index (χ3v) is 5.61. The summed E-state index contributed by atoms with van der Waals surface area (Å²) in [6.45, 7) is 6.59. The number of nitrogens with one attached hydrogen (secondary N) is 1. The Balaban J connectivity index is 0.00000280. The number of hydrogen-bond acceptors (Lipinski definition) is 3. The Hall–Kier alpha value is -0.940. The van der Waals surface area contributed by atoms with Crippen LogP contribution in [-0.2, 0) is 16.1 Å². The molecule has 2 saturated heterocycles. The fourth-order valence-electron chi connectivity index (χ4n) is 3.37. The van der Waals surface area contributed by atoms with E-state index in [1.165, 1.54) is 12.1 Å². The first-order chi connectivity index (χ1) is 13.1. The first-order valence-corrected chi connectivity index (χ1v) is 10.3. The second kappa shape index (κ2) is 11.3. The minimum Gasteiger partial charge on any atom is -0.368 e. The number of piperazine rings is 1. The summed E-state index contributed by atoms with van der Waals surface area (Å²) in [5, 5.41) is 3.29. The van der Waals surface area contributed by atoms with E-state index in [-0.39, 0.29) is 41.8 Å². The van der Waals surface area contributed by atoms with Crippen LogP contribution in [0.1, 0.15) is 25.3 Å². The van der Waals surface area contributed by atoms with Crippen LogP contribution in [0.25, 0.3) is 0 Å². The average Bonchev–Trinajstić information content (AvgIpc) is 3.22. The van der Waals surface area contributed by atoms with Crippen molar-refractivity contribution < 1.29 is 13.9 Å². The number of carbonyl (C=O) groups excluding carboxylic acids is 1. The topological polar surface area (TPSA) is 57.2 Å². The fourth-order valence-corrected chi connectivity index (χ4v) is 3.74. The highest BCUT2D eigenvalue weighted by Crippen LogP contribution is 2.19. The van der Waals surface area contributed by atoms with Crippen molar-refractivity contribution >= 4 is 51.8 Å². The fraction of sp³-hybridized carbons (Fsp3) is 0.579. The van der Waals surface area contributed by atoms with Crippen LogP contribution in [0.3, 0.4) is 0 Å². The molecule has 1 amide bonds. The Morgan fingerprint density at radius 1 is 1.32 bits per heavy atom. The Labute approximate surface area is 191 Å². The Bertz CT molecular complexity index is 693. The van der Waals surface area contributed by atoms with Crippen LogP contribution in [0.2, 0.25) is 0 Å². The van der Waals surface area contributed by atoms with Gasteiger partial charge in [-0.15, -0.1) is 24.0 Å². The van der Waals surface area contributed by atoms with Crippen LogP contribution < -0.4 is 5.32 Å². The van der Waals surface area contributed by atoms with Crippen molar-refractivity contribution in [2.45, 2.75) is 32.4 Å². The predicted octanol–water partition coefficient (Wildman–Crippen LogP) is 2.99. The lowest BCUT2D eigenvalue weighted by molar-refractivity contribution is -0.142. The van der Waals surface area contributed by atoms with Gasteiger partial charge < -0.3 is 19.9 Å². The van der Waals surface area contributed by atoms with Gasteiger partial charge in [0.25, 0.3) is 5.91 Å². The van der Waals surface area contributed by atoms with Gasteiger partial charge in [0.2, 0.25) is 0 Å². The molecule has 6 nitrogen and oxygen atoms in total. The third kappa shape index (κ3) is 6.03. The first-order valence-electron chi connectivity index (χ1n) is 9.46. The molecule has 1 N–H and O–H groups in total. The van der Waals surface area contributed by atoms with Gasteiger partial charge in [-0.2, -0.15) is 0 Å². The van der Waals surface area contributed by atoms with Gasteiger partial charge in [-0.05, 0) is 43.5 Å². The number of amides is 1. The molecular weight excluding hydrogens is 542 g/mol. The van der Waals surface area contributed by atoms with Gasteiger partial charge in [0.1, 0.15) is 11.9 Å². The zero-order valence-corrected chi connectivity index (χ0v) is 19.9. The molecule has 2 aliphatic rings. The van der Waals surface area contributed by atoms with Gasteiger partial charge in [-0.1, -0.05) is 15.9 Å². The molecule has 0 aliphatic carbocycles. The molecule has 156 valence electrons. The number of nitrogens with zero attached hydrogens (tertiary/aromatic N) is 3. The van der Waals surface area contributed by atoms with E-state index in [1.54, 1.807) is 6.07 Å². The van der Waals surface area contributed by atoms with Crippen molar-refractivity contribution in [2.75, 3.05) is 39.3 Å². The summed E-state index contributed by atoms with van der Waals surface area (Å²) < 4.78 is 19.8. The number of aliphatic imine (C=N–C) groups is 1. The molecule has 2 fully saturated rings. The van der Waals surface area contributed by atoms with Crippen molar-refractivity contribution in [1.29, 1.82) is 0 Å². The van der Waals surface area contributed by atoms with Crippen molar-refractivity contribution in [2.24, 2.45) is 4.99 Å². The van der Waals surface area contributed by atoms with E-state index >= 15 is 0 Å². The second-order valence-electron chi connectivity index (χ2n) is 6.72. The minimum atomic E-state index is -0.269. The third-order valence-electron chi connectivity index (χ3n) is 4.84. The lowest BCUT2D eigenvalue weighted by Crippen LogP contribution is -2.55. The minimum absolute atomic E-state index is 0. The van der Waals surface area contributed by atoms with Gasteiger partial charge >= 0.3 is 0 Å². The maximum absolute atomic E-state index is 13.5. The second-order valence-corrected chi connectivity index (χ2v) is 7.57. The maximum Gasteiger partial charge on any atom is 0.251 e. The summed E-state index contributed by atoms with van der Waals surface area (Å²) >= 11 is 3.45. The summed E-state index contributed by atoms with van der Waals surface area (Å²) in [6.07, 6.45) is 1.53. The van der Waals surface area contributed by atoms with Crippen LogP contribution in [0.5, 0.6) is 0 Å². The van der Waals surface area contributed by atoms with E-state index in [4.69, 9.17) is 4.74 Å². The Kier molecular flexibility index (Phi) is 9.42. The number of halogens is 3. The maximum atomic E-state index is 13.5. The van der Waals surface area contributed by atoms with E-state index < -0.39 is 0 Å².